The van der Waals surface area contributed by atoms with Crippen molar-refractivity contribution in [3.63, 3.8) is 0 Å². The Bertz CT molecular complexity index is 1460. The normalized spacial score (nSPS) is 31.4. The second-order valence-electron chi connectivity index (χ2n) is 13.8. The van der Waals surface area contributed by atoms with Crippen molar-refractivity contribution in [2.75, 3.05) is 32.1 Å². The van der Waals surface area contributed by atoms with Crippen molar-refractivity contribution in [1.82, 2.24) is 9.62 Å². The molecule has 1 amide bonds. The molecule has 0 spiro atoms. The van der Waals surface area contributed by atoms with Crippen LogP contribution >= 0.6 is 11.6 Å². The quantitative estimate of drug-likeness (QED) is 0.414. The summed E-state index contributed by atoms with van der Waals surface area (Å²) in [6.07, 6.45) is 5.89. The zero-order valence-electron chi connectivity index (χ0n) is 26.7. The third kappa shape index (κ3) is 7.22. The second-order valence-corrected chi connectivity index (χ2v) is 16.3. The summed E-state index contributed by atoms with van der Waals surface area (Å²) in [4.78, 5) is 17.9. The maximum absolute atomic E-state index is 13.5. The third-order valence-electron chi connectivity index (χ3n) is 10.5. The number of hydrogen-bond donors (Lipinski definition) is 2. The largest absolute Gasteiger partial charge is 0.487 e. The Morgan fingerprint density at radius 2 is 1.86 bits per heavy atom. The standard InChI is InChI=1S/C34H48ClN3O5S/c1-22-16-29(37(4)5)19-34(3,40)30-13-10-26(30)20-38-15-7-6-8-24-17-28(35)12-9-27(24)21-43-32-14-11-25(18-31(32)38)33(39)36-44(41,42)23(22)2/h9,11-12,14,17-18,22-23,26,29-30,40H,6-8,10,13,15-16,19-21H2,1-5H3,(H,36,39)/t22-,23+,26-,29-,30+,34-/m0/s1. The highest BCUT2D eigenvalue weighted by molar-refractivity contribution is 7.90. The molecule has 2 aliphatic heterocycles. The van der Waals surface area contributed by atoms with Gasteiger partial charge in [-0.2, -0.15) is 0 Å². The number of carbonyl (C=O) groups is 1. The van der Waals surface area contributed by atoms with E-state index in [0.29, 0.717) is 30.2 Å². The first-order chi connectivity index (χ1) is 20.7. The monoisotopic (exact) mass is 645 g/mol. The summed E-state index contributed by atoms with van der Waals surface area (Å²) in [5.41, 5.74) is 2.40. The van der Waals surface area contributed by atoms with Gasteiger partial charge >= 0.3 is 0 Å². The van der Waals surface area contributed by atoms with Crippen LogP contribution < -0.4 is 14.4 Å². The summed E-state index contributed by atoms with van der Waals surface area (Å²) in [6, 6.07) is 11.1. The smallest absolute Gasteiger partial charge is 0.264 e. The highest BCUT2D eigenvalue weighted by atomic mass is 35.5. The van der Waals surface area contributed by atoms with Gasteiger partial charge in [-0.25, -0.2) is 13.1 Å². The van der Waals surface area contributed by atoms with Crippen molar-refractivity contribution >= 4 is 33.2 Å². The Kier molecular flexibility index (Phi) is 9.90. The van der Waals surface area contributed by atoms with Crippen LogP contribution in [-0.2, 0) is 23.1 Å². The van der Waals surface area contributed by atoms with Crippen LogP contribution in [0.25, 0.3) is 0 Å². The minimum Gasteiger partial charge on any atom is -0.487 e. The van der Waals surface area contributed by atoms with Crippen LogP contribution in [0.2, 0.25) is 5.02 Å². The van der Waals surface area contributed by atoms with Crippen molar-refractivity contribution in [3.05, 3.63) is 58.1 Å². The number of anilines is 1. The van der Waals surface area contributed by atoms with E-state index in [9.17, 15) is 18.3 Å². The number of ether oxygens (including phenoxy) is 1. The van der Waals surface area contributed by atoms with Gasteiger partial charge in [-0.05, 0) is 132 Å². The molecule has 2 N–H and O–H groups in total. The third-order valence-corrected chi connectivity index (χ3v) is 12.6. The summed E-state index contributed by atoms with van der Waals surface area (Å²) in [7, 11) is 0.0130. The highest BCUT2D eigenvalue weighted by Crippen LogP contribution is 2.46. The lowest BCUT2D eigenvalue weighted by molar-refractivity contribution is -0.0856. The number of rotatable bonds is 1. The van der Waals surface area contributed by atoms with Crippen LogP contribution in [0.3, 0.4) is 0 Å². The lowest BCUT2D eigenvalue weighted by Gasteiger charge is -2.49. The van der Waals surface area contributed by atoms with Gasteiger partial charge in [0.15, 0.2) is 0 Å². The van der Waals surface area contributed by atoms with Gasteiger partial charge in [0.1, 0.15) is 12.4 Å². The Balaban J connectivity index is 1.56. The molecule has 8 nitrogen and oxygen atoms in total. The maximum atomic E-state index is 13.5. The number of fused-ring (bicyclic) bond motifs is 3. The second kappa shape index (κ2) is 13.2. The zero-order chi connectivity index (χ0) is 31.8. The molecule has 0 saturated heterocycles. The average molecular weight is 646 g/mol. The van der Waals surface area contributed by atoms with Crippen LogP contribution in [0.15, 0.2) is 36.4 Å². The molecule has 6 atom stereocenters. The molecule has 1 aliphatic carbocycles. The van der Waals surface area contributed by atoms with Gasteiger partial charge in [0.2, 0.25) is 10.0 Å². The number of benzene rings is 2. The number of halogens is 1. The predicted molar refractivity (Wildman–Crippen MR) is 176 cm³/mol. The fraction of sp³-hybridized carbons (Fsp3) is 0.618. The number of amides is 1. The first-order valence-electron chi connectivity index (χ1n) is 16.0. The molecule has 242 valence electrons. The molecular formula is C34H48ClN3O5S. The molecule has 0 unspecified atom stereocenters. The summed E-state index contributed by atoms with van der Waals surface area (Å²) >= 11 is 6.33. The molecule has 5 rings (SSSR count). The number of nitrogens with zero attached hydrogens (tertiary/aromatic N) is 2. The summed E-state index contributed by atoms with van der Waals surface area (Å²) in [6.45, 7) is 7.35. The lowest BCUT2D eigenvalue weighted by Crippen LogP contribution is -2.52. The van der Waals surface area contributed by atoms with Gasteiger partial charge in [-0.3, -0.25) is 4.79 Å². The Labute approximate surface area is 268 Å². The molecule has 2 heterocycles. The van der Waals surface area contributed by atoms with Crippen molar-refractivity contribution in [3.8, 4) is 5.75 Å². The SMILES string of the molecule is C[C@@H]1[C@@H](C)C[C@H](N(C)C)C[C@](C)(O)[C@@H]2CC[C@H]2CN2CCCCc3cc(Cl)ccc3COc3ccc(cc32)C(=O)NS1(=O)=O. The first kappa shape index (κ1) is 33.0. The van der Waals surface area contributed by atoms with Crippen LogP contribution in [0.4, 0.5) is 5.69 Å². The number of hydrogen-bond acceptors (Lipinski definition) is 7. The summed E-state index contributed by atoms with van der Waals surface area (Å²) in [5, 5.41) is 11.8. The fourth-order valence-electron chi connectivity index (χ4n) is 7.28. The van der Waals surface area contributed by atoms with Crippen LogP contribution in [0.5, 0.6) is 5.75 Å². The average Bonchev–Trinajstić information content (AvgIpc) is 2.96. The number of aliphatic hydroxyl groups is 1. The van der Waals surface area contributed by atoms with Gasteiger partial charge in [0.25, 0.3) is 5.91 Å². The summed E-state index contributed by atoms with van der Waals surface area (Å²) < 4.78 is 35.7. The molecule has 1 saturated carbocycles. The predicted octanol–water partition coefficient (Wildman–Crippen LogP) is 5.65. The van der Waals surface area contributed by atoms with E-state index >= 15 is 0 Å². The first-order valence-corrected chi connectivity index (χ1v) is 17.9. The topological polar surface area (TPSA) is 99.2 Å². The molecule has 10 heteroatoms. The van der Waals surface area contributed by atoms with Gasteiger partial charge in [-0.15, -0.1) is 0 Å². The molecule has 2 aromatic carbocycles. The highest BCUT2D eigenvalue weighted by Gasteiger charge is 2.46. The number of nitrogens with one attached hydrogen (secondary N) is 1. The zero-order valence-corrected chi connectivity index (χ0v) is 28.3. The van der Waals surface area contributed by atoms with Crippen molar-refractivity contribution in [2.45, 2.75) is 89.2 Å². The minimum absolute atomic E-state index is 0.0110. The maximum Gasteiger partial charge on any atom is 0.264 e. The van der Waals surface area contributed by atoms with E-state index < -0.39 is 26.8 Å². The van der Waals surface area contributed by atoms with E-state index in [1.807, 2.05) is 46.1 Å². The fourth-order valence-corrected chi connectivity index (χ4v) is 8.76. The van der Waals surface area contributed by atoms with E-state index in [1.165, 1.54) is 5.56 Å². The number of aryl methyl sites for hydroxylation is 1. The molecule has 0 radical (unpaired) electrons. The molecule has 2 aromatic rings. The van der Waals surface area contributed by atoms with Crippen molar-refractivity contribution < 1.29 is 23.1 Å². The van der Waals surface area contributed by atoms with Crippen LogP contribution in [0, 0.1) is 17.8 Å². The molecule has 2 bridgehead atoms. The van der Waals surface area contributed by atoms with E-state index in [4.69, 9.17) is 16.3 Å². The minimum atomic E-state index is -3.96. The molecule has 1 fully saturated rings. The Hall–Kier alpha value is -2.33. The van der Waals surface area contributed by atoms with Crippen molar-refractivity contribution in [2.24, 2.45) is 17.8 Å². The van der Waals surface area contributed by atoms with E-state index in [-0.39, 0.29) is 29.4 Å². The lowest BCUT2D eigenvalue weighted by atomic mass is 9.63. The molecule has 3 aliphatic rings. The van der Waals surface area contributed by atoms with Gasteiger partial charge in [-0.1, -0.05) is 24.6 Å². The van der Waals surface area contributed by atoms with Gasteiger partial charge in [0, 0.05) is 29.7 Å². The van der Waals surface area contributed by atoms with Crippen LogP contribution in [0.1, 0.15) is 80.8 Å². The Morgan fingerprint density at radius 3 is 2.57 bits per heavy atom. The number of sulfonamides is 1. The van der Waals surface area contributed by atoms with E-state index in [0.717, 1.165) is 56.4 Å². The van der Waals surface area contributed by atoms with Crippen LogP contribution in [-0.4, -0.2) is 68.4 Å². The van der Waals surface area contributed by atoms with Crippen molar-refractivity contribution in [1.29, 1.82) is 0 Å². The molecule has 0 aromatic heterocycles. The molecular weight excluding hydrogens is 598 g/mol. The van der Waals surface area contributed by atoms with E-state index in [2.05, 4.69) is 14.5 Å². The number of carbonyl (C=O) groups excluding carboxylic acids is 1. The molecule has 44 heavy (non-hydrogen) atoms. The van der Waals surface area contributed by atoms with E-state index in [1.54, 1.807) is 25.1 Å². The van der Waals surface area contributed by atoms with Gasteiger partial charge < -0.3 is 19.6 Å². The Morgan fingerprint density at radius 1 is 1.09 bits per heavy atom. The van der Waals surface area contributed by atoms with Gasteiger partial charge in [0.05, 0.1) is 16.5 Å². The summed E-state index contributed by atoms with van der Waals surface area (Å²) in [5.74, 6) is 0.175.